The number of carbonyl (C=O) groups excluding carboxylic acids is 1. The summed E-state index contributed by atoms with van der Waals surface area (Å²) in [5.41, 5.74) is 2.41. The lowest BCUT2D eigenvalue weighted by molar-refractivity contribution is 0.111. The first-order valence-corrected chi connectivity index (χ1v) is 5.18. The molecular weight excluding hydrogens is 234 g/mol. The molecule has 0 unspecified atom stereocenters. The van der Waals surface area contributed by atoms with Gasteiger partial charge in [0.05, 0.1) is 11.2 Å². The summed E-state index contributed by atoms with van der Waals surface area (Å²) < 4.78 is 4.96. The zero-order valence-electron chi connectivity index (χ0n) is 9.08. The number of aldehydes is 1. The highest BCUT2D eigenvalue weighted by atomic mass is 16.4. The van der Waals surface area contributed by atoms with E-state index in [1.165, 1.54) is 6.20 Å². The second-order valence-electron chi connectivity index (χ2n) is 3.64. The summed E-state index contributed by atoms with van der Waals surface area (Å²) in [5, 5.41) is 0. The van der Waals surface area contributed by atoms with Gasteiger partial charge in [-0.05, 0) is 18.2 Å². The molecule has 0 fully saturated rings. The van der Waals surface area contributed by atoms with E-state index in [4.69, 9.17) is 4.42 Å². The van der Waals surface area contributed by atoms with Crippen molar-refractivity contribution in [2.24, 2.45) is 0 Å². The smallest absolute Gasteiger partial charge is 0.408 e. The molecular formula is C12H7N3O3. The van der Waals surface area contributed by atoms with E-state index in [-0.39, 0.29) is 5.82 Å². The minimum atomic E-state index is -0.501. The average Bonchev–Trinajstić information content (AvgIpc) is 2.77. The summed E-state index contributed by atoms with van der Waals surface area (Å²) in [6.45, 7) is 0. The van der Waals surface area contributed by atoms with Gasteiger partial charge in [0.25, 0.3) is 0 Å². The van der Waals surface area contributed by atoms with Gasteiger partial charge in [-0.15, -0.1) is 0 Å². The number of benzene rings is 1. The zero-order valence-corrected chi connectivity index (χ0v) is 9.08. The maximum atomic E-state index is 11.0. The van der Waals surface area contributed by atoms with Gasteiger partial charge in [-0.2, -0.15) is 0 Å². The molecule has 1 N–H and O–H groups in total. The summed E-state index contributed by atoms with van der Waals surface area (Å²) in [5.74, 6) is -0.387. The van der Waals surface area contributed by atoms with Crippen molar-refractivity contribution in [2.75, 3.05) is 0 Å². The molecule has 88 valence electrons. The van der Waals surface area contributed by atoms with Gasteiger partial charge in [-0.1, -0.05) is 6.07 Å². The summed E-state index contributed by atoms with van der Waals surface area (Å²) in [4.78, 5) is 32.1. The number of hydrogen-bond acceptors (Lipinski definition) is 5. The van der Waals surface area contributed by atoms with Gasteiger partial charge in [-0.25, -0.2) is 14.8 Å². The lowest BCUT2D eigenvalue weighted by Gasteiger charge is -2.00. The molecule has 18 heavy (non-hydrogen) atoms. The van der Waals surface area contributed by atoms with Crippen molar-refractivity contribution < 1.29 is 9.21 Å². The third-order valence-electron chi connectivity index (χ3n) is 2.50. The van der Waals surface area contributed by atoms with E-state index >= 15 is 0 Å². The summed E-state index contributed by atoms with van der Waals surface area (Å²) in [6, 6.07) is 6.87. The van der Waals surface area contributed by atoms with E-state index in [0.29, 0.717) is 23.1 Å². The van der Waals surface area contributed by atoms with Crippen LogP contribution in [-0.2, 0) is 0 Å². The first-order valence-electron chi connectivity index (χ1n) is 5.18. The highest BCUT2D eigenvalue weighted by molar-refractivity contribution is 5.79. The number of carbonyl (C=O) groups is 1. The first kappa shape index (κ1) is 10.4. The van der Waals surface area contributed by atoms with E-state index in [1.807, 2.05) is 0 Å². The molecule has 0 atom stereocenters. The van der Waals surface area contributed by atoms with Crippen LogP contribution >= 0.6 is 0 Å². The van der Waals surface area contributed by atoms with Gasteiger partial charge in [-0.3, -0.25) is 9.78 Å². The van der Waals surface area contributed by atoms with Crippen LogP contribution in [-0.4, -0.2) is 21.2 Å². The van der Waals surface area contributed by atoms with Crippen molar-refractivity contribution in [3.8, 4) is 11.3 Å². The Morgan fingerprint density at radius 1 is 1.28 bits per heavy atom. The minimum absolute atomic E-state index is 0.114. The molecule has 2 aromatic heterocycles. The second-order valence-corrected chi connectivity index (χ2v) is 3.64. The Morgan fingerprint density at radius 2 is 2.17 bits per heavy atom. The molecule has 0 radical (unpaired) electrons. The lowest BCUT2D eigenvalue weighted by atomic mass is 10.1. The number of nitrogens with one attached hydrogen (secondary N) is 1. The second kappa shape index (κ2) is 3.92. The van der Waals surface area contributed by atoms with Crippen molar-refractivity contribution in [1.29, 1.82) is 0 Å². The fourth-order valence-corrected chi connectivity index (χ4v) is 1.70. The van der Waals surface area contributed by atoms with E-state index in [9.17, 15) is 9.59 Å². The van der Waals surface area contributed by atoms with Gasteiger partial charge in [0, 0.05) is 11.8 Å². The molecule has 1 aromatic carbocycles. The first-order chi connectivity index (χ1) is 8.76. The Balaban J connectivity index is 2.18. The standard InChI is InChI=1S/C12H7N3O3/c16-6-11-13-4-3-8(14-11)7-1-2-9-10(5-7)18-12(17)15-9/h1-6H,(H,15,17). The van der Waals surface area contributed by atoms with Gasteiger partial charge in [0.15, 0.2) is 17.7 Å². The molecule has 0 spiro atoms. The molecule has 0 aliphatic carbocycles. The monoisotopic (exact) mass is 241 g/mol. The molecule has 0 bridgehead atoms. The largest absolute Gasteiger partial charge is 0.417 e. The Labute approximate surface area is 100 Å². The van der Waals surface area contributed by atoms with Crippen molar-refractivity contribution >= 4 is 17.4 Å². The van der Waals surface area contributed by atoms with Gasteiger partial charge >= 0.3 is 5.76 Å². The van der Waals surface area contributed by atoms with Gasteiger partial charge in [0.2, 0.25) is 0 Å². The molecule has 3 rings (SSSR count). The van der Waals surface area contributed by atoms with Crippen LogP contribution in [0.15, 0.2) is 39.7 Å². The molecule has 3 aromatic rings. The van der Waals surface area contributed by atoms with Crippen LogP contribution in [0, 0.1) is 0 Å². The summed E-state index contributed by atoms with van der Waals surface area (Å²) >= 11 is 0. The van der Waals surface area contributed by atoms with Crippen LogP contribution in [0.5, 0.6) is 0 Å². The predicted molar refractivity (Wildman–Crippen MR) is 63.2 cm³/mol. The van der Waals surface area contributed by atoms with Crippen molar-refractivity contribution in [1.82, 2.24) is 15.0 Å². The Morgan fingerprint density at radius 3 is 3.00 bits per heavy atom. The number of fused-ring (bicyclic) bond motifs is 1. The number of oxazole rings is 1. The maximum Gasteiger partial charge on any atom is 0.417 e. The van der Waals surface area contributed by atoms with Crippen molar-refractivity contribution in [2.45, 2.75) is 0 Å². The minimum Gasteiger partial charge on any atom is -0.408 e. The van der Waals surface area contributed by atoms with Crippen LogP contribution in [0.1, 0.15) is 10.6 Å². The normalized spacial score (nSPS) is 10.7. The molecule has 2 heterocycles. The summed E-state index contributed by atoms with van der Waals surface area (Å²) in [7, 11) is 0. The number of aromatic nitrogens is 3. The SMILES string of the molecule is O=Cc1nccc(-c2ccc3[nH]c(=O)oc3c2)n1. The average molecular weight is 241 g/mol. The summed E-state index contributed by atoms with van der Waals surface area (Å²) in [6.07, 6.45) is 2.09. The fraction of sp³-hybridized carbons (Fsp3) is 0. The molecule has 0 saturated carbocycles. The lowest BCUT2D eigenvalue weighted by Crippen LogP contribution is -1.93. The topological polar surface area (TPSA) is 88.9 Å². The van der Waals surface area contributed by atoms with Crippen LogP contribution in [0.4, 0.5) is 0 Å². The molecule has 0 saturated heterocycles. The molecule has 6 nitrogen and oxygen atoms in total. The highest BCUT2D eigenvalue weighted by Gasteiger charge is 2.06. The Hall–Kier alpha value is -2.76. The van der Waals surface area contributed by atoms with Gasteiger partial charge in [0.1, 0.15) is 0 Å². The number of aromatic amines is 1. The van der Waals surface area contributed by atoms with Crippen LogP contribution in [0.3, 0.4) is 0 Å². The number of hydrogen-bond donors (Lipinski definition) is 1. The van der Waals surface area contributed by atoms with E-state index in [1.54, 1.807) is 24.3 Å². The number of nitrogens with zero attached hydrogens (tertiary/aromatic N) is 2. The molecule has 0 aliphatic rings. The third-order valence-corrected chi connectivity index (χ3v) is 2.50. The van der Waals surface area contributed by atoms with Crippen LogP contribution in [0.2, 0.25) is 0 Å². The highest BCUT2D eigenvalue weighted by Crippen LogP contribution is 2.20. The van der Waals surface area contributed by atoms with Gasteiger partial charge < -0.3 is 4.42 Å². The van der Waals surface area contributed by atoms with E-state index < -0.39 is 5.76 Å². The Kier molecular flexibility index (Phi) is 2.26. The molecule has 0 aliphatic heterocycles. The van der Waals surface area contributed by atoms with Crippen molar-refractivity contribution in [3.63, 3.8) is 0 Å². The van der Waals surface area contributed by atoms with Crippen LogP contribution < -0.4 is 5.76 Å². The molecule has 0 amide bonds. The third kappa shape index (κ3) is 1.69. The number of H-pyrrole nitrogens is 1. The molecule has 6 heteroatoms. The zero-order chi connectivity index (χ0) is 12.5. The van der Waals surface area contributed by atoms with E-state index in [2.05, 4.69) is 15.0 Å². The number of rotatable bonds is 2. The van der Waals surface area contributed by atoms with Crippen molar-refractivity contribution in [3.05, 3.63) is 46.8 Å². The Bertz CT molecular complexity index is 788. The fourth-order valence-electron chi connectivity index (χ4n) is 1.70. The van der Waals surface area contributed by atoms with E-state index in [0.717, 1.165) is 5.56 Å². The quantitative estimate of drug-likeness (QED) is 0.685. The van der Waals surface area contributed by atoms with Crippen LogP contribution in [0.25, 0.3) is 22.4 Å². The predicted octanol–water partition coefficient (Wildman–Crippen LogP) is 1.39. The maximum absolute atomic E-state index is 11.0.